The lowest BCUT2D eigenvalue weighted by atomic mass is 9.95. The fourth-order valence-corrected chi connectivity index (χ4v) is 3.34. The first-order valence-electron chi connectivity index (χ1n) is 9.51. The van der Waals surface area contributed by atoms with Crippen LogP contribution in [-0.4, -0.2) is 29.9 Å². The van der Waals surface area contributed by atoms with Gasteiger partial charge in [0.25, 0.3) is 0 Å². The quantitative estimate of drug-likeness (QED) is 0.856. The second-order valence-corrected chi connectivity index (χ2v) is 7.20. The number of nitrogens with one attached hydrogen (secondary N) is 2. The van der Waals surface area contributed by atoms with E-state index in [9.17, 15) is 9.59 Å². The maximum atomic E-state index is 12.6. The Hall–Kier alpha value is -2.82. The Balaban J connectivity index is 1.47. The topological polar surface area (TPSA) is 61.4 Å². The number of benzene rings is 2. The lowest BCUT2D eigenvalue weighted by Gasteiger charge is -2.32. The standard InChI is InChI=1S/C22H27N3O2/c1-16-8-10-18(11-9-16)17(2)23-21(26)19-12-14-25(15-13-19)22(27)24-20-6-4-3-5-7-20/h3-11,17,19H,12-15H2,1-2H3,(H,23,26)(H,24,27). The molecule has 0 aromatic heterocycles. The van der Waals surface area contributed by atoms with Crippen molar-refractivity contribution >= 4 is 17.6 Å². The van der Waals surface area contributed by atoms with E-state index in [4.69, 9.17) is 0 Å². The number of nitrogens with zero attached hydrogens (tertiary/aromatic N) is 1. The van der Waals surface area contributed by atoms with Crippen LogP contribution in [0.3, 0.4) is 0 Å². The first-order valence-corrected chi connectivity index (χ1v) is 9.51. The van der Waals surface area contributed by atoms with Gasteiger partial charge < -0.3 is 15.5 Å². The SMILES string of the molecule is Cc1ccc(C(C)NC(=O)C2CCN(C(=O)Nc3ccccc3)CC2)cc1. The highest BCUT2D eigenvalue weighted by Crippen LogP contribution is 2.21. The van der Waals surface area contributed by atoms with Crippen molar-refractivity contribution in [3.63, 3.8) is 0 Å². The van der Waals surface area contributed by atoms with Crippen molar-refractivity contribution in [2.24, 2.45) is 5.92 Å². The molecule has 1 atom stereocenters. The number of likely N-dealkylation sites (tertiary alicyclic amines) is 1. The zero-order chi connectivity index (χ0) is 19.2. The summed E-state index contributed by atoms with van der Waals surface area (Å²) in [5, 5.41) is 6.01. The van der Waals surface area contributed by atoms with Gasteiger partial charge in [-0.25, -0.2) is 4.79 Å². The number of hydrogen-bond donors (Lipinski definition) is 2. The molecule has 2 aromatic carbocycles. The van der Waals surface area contributed by atoms with E-state index in [1.807, 2.05) is 37.3 Å². The molecule has 2 aromatic rings. The van der Waals surface area contributed by atoms with Crippen LogP contribution < -0.4 is 10.6 Å². The molecule has 5 heteroatoms. The third kappa shape index (κ3) is 5.09. The van der Waals surface area contributed by atoms with E-state index in [1.165, 1.54) is 5.56 Å². The number of anilines is 1. The maximum Gasteiger partial charge on any atom is 0.321 e. The van der Waals surface area contributed by atoms with Gasteiger partial charge in [0.2, 0.25) is 5.91 Å². The van der Waals surface area contributed by atoms with Crippen molar-refractivity contribution in [3.05, 3.63) is 65.7 Å². The van der Waals surface area contributed by atoms with Gasteiger partial charge in [0.05, 0.1) is 6.04 Å². The Bertz CT molecular complexity index is 766. The molecule has 142 valence electrons. The zero-order valence-electron chi connectivity index (χ0n) is 15.9. The minimum atomic E-state index is -0.104. The largest absolute Gasteiger partial charge is 0.349 e. The monoisotopic (exact) mass is 365 g/mol. The van der Waals surface area contributed by atoms with E-state index < -0.39 is 0 Å². The van der Waals surface area contributed by atoms with Crippen LogP contribution in [0.1, 0.15) is 36.9 Å². The molecule has 1 saturated heterocycles. The number of carbonyl (C=O) groups is 2. The third-order valence-electron chi connectivity index (χ3n) is 5.11. The Morgan fingerprint density at radius 1 is 1.00 bits per heavy atom. The van der Waals surface area contributed by atoms with Gasteiger partial charge in [-0.15, -0.1) is 0 Å². The predicted octanol–water partition coefficient (Wildman–Crippen LogP) is 4.12. The van der Waals surface area contributed by atoms with Crippen molar-refractivity contribution < 1.29 is 9.59 Å². The number of rotatable bonds is 4. The van der Waals surface area contributed by atoms with E-state index in [2.05, 4.69) is 41.8 Å². The molecule has 0 bridgehead atoms. The van der Waals surface area contributed by atoms with E-state index >= 15 is 0 Å². The van der Waals surface area contributed by atoms with E-state index in [0.717, 1.165) is 11.3 Å². The number of piperidine rings is 1. The van der Waals surface area contributed by atoms with Crippen molar-refractivity contribution in [1.29, 1.82) is 0 Å². The van der Waals surface area contributed by atoms with Gasteiger partial charge in [-0.2, -0.15) is 0 Å². The summed E-state index contributed by atoms with van der Waals surface area (Å²) in [5.41, 5.74) is 3.10. The predicted molar refractivity (Wildman–Crippen MR) is 107 cm³/mol. The van der Waals surface area contributed by atoms with Gasteiger partial charge in [-0.05, 0) is 44.4 Å². The number of urea groups is 1. The highest BCUT2D eigenvalue weighted by atomic mass is 16.2. The fraction of sp³-hybridized carbons (Fsp3) is 0.364. The summed E-state index contributed by atoms with van der Waals surface area (Å²) in [4.78, 5) is 26.7. The molecule has 0 spiro atoms. The number of hydrogen-bond acceptors (Lipinski definition) is 2. The minimum absolute atomic E-state index is 0.0162. The second-order valence-electron chi connectivity index (χ2n) is 7.20. The minimum Gasteiger partial charge on any atom is -0.349 e. The summed E-state index contributed by atoms with van der Waals surface area (Å²) in [5.74, 6) is 0.0323. The highest BCUT2D eigenvalue weighted by molar-refractivity contribution is 5.89. The van der Waals surface area contributed by atoms with Crippen LogP contribution in [0.2, 0.25) is 0 Å². The summed E-state index contributed by atoms with van der Waals surface area (Å²) in [6, 6.07) is 17.5. The summed E-state index contributed by atoms with van der Waals surface area (Å²) in [7, 11) is 0. The Morgan fingerprint density at radius 3 is 2.26 bits per heavy atom. The molecule has 0 saturated carbocycles. The van der Waals surface area contributed by atoms with Crippen LogP contribution in [0.25, 0.3) is 0 Å². The average Bonchev–Trinajstić information content (AvgIpc) is 2.69. The number of amides is 3. The van der Waals surface area contributed by atoms with E-state index in [1.54, 1.807) is 4.90 Å². The molecule has 5 nitrogen and oxygen atoms in total. The molecule has 3 amide bonds. The van der Waals surface area contributed by atoms with Gasteiger partial charge in [0, 0.05) is 24.7 Å². The molecule has 0 aliphatic carbocycles. The van der Waals surface area contributed by atoms with Crippen LogP contribution >= 0.6 is 0 Å². The average molecular weight is 365 g/mol. The van der Waals surface area contributed by atoms with Gasteiger partial charge in [-0.3, -0.25) is 4.79 Å². The van der Waals surface area contributed by atoms with Gasteiger partial charge in [0.15, 0.2) is 0 Å². The summed E-state index contributed by atoms with van der Waals surface area (Å²) in [6.07, 6.45) is 1.38. The molecule has 27 heavy (non-hydrogen) atoms. The lowest BCUT2D eigenvalue weighted by Crippen LogP contribution is -2.44. The summed E-state index contributed by atoms with van der Waals surface area (Å²) < 4.78 is 0. The van der Waals surface area contributed by atoms with E-state index in [-0.39, 0.29) is 23.9 Å². The Labute approximate surface area is 160 Å². The number of para-hydroxylation sites is 1. The molecular weight excluding hydrogens is 338 g/mol. The summed E-state index contributed by atoms with van der Waals surface area (Å²) >= 11 is 0. The molecular formula is C22H27N3O2. The Kier molecular flexibility index (Phi) is 6.12. The van der Waals surface area contributed by atoms with Crippen molar-refractivity contribution in [3.8, 4) is 0 Å². The normalized spacial score (nSPS) is 15.9. The van der Waals surface area contributed by atoms with Crippen LogP contribution in [0, 0.1) is 12.8 Å². The smallest absolute Gasteiger partial charge is 0.321 e. The van der Waals surface area contributed by atoms with Crippen LogP contribution in [0.15, 0.2) is 54.6 Å². The zero-order valence-corrected chi connectivity index (χ0v) is 15.9. The van der Waals surface area contributed by atoms with Crippen molar-refractivity contribution in [1.82, 2.24) is 10.2 Å². The molecule has 1 aliphatic heterocycles. The first kappa shape index (κ1) is 19.0. The fourth-order valence-electron chi connectivity index (χ4n) is 3.34. The lowest BCUT2D eigenvalue weighted by molar-refractivity contribution is -0.126. The van der Waals surface area contributed by atoms with Crippen molar-refractivity contribution in [2.75, 3.05) is 18.4 Å². The summed E-state index contributed by atoms with van der Waals surface area (Å²) in [6.45, 7) is 5.24. The molecule has 1 fully saturated rings. The van der Waals surface area contributed by atoms with Crippen LogP contribution in [-0.2, 0) is 4.79 Å². The molecule has 1 aliphatic rings. The highest BCUT2D eigenvalue weighted by Gasteiger charge is 2.28. The van der Waals surface area contributed by atoms with Gasteiger partial charge in [0.1, 0.15) is 0 Å². The molecule has 1 unspecified atom stereocenters. The maximum absolute atomic E-state index is 12.6. The Morgan fingerprint density at radius 2 is 1.63 bits per heavy atom. The van der Waals surface area contributed by atoms with Gasteiger partial charge >= 0.3 is 6.03 Å². The molecule has 2 N–H and O–H groups in total. The number of aryl methyl sites for hydroxylation is 1. The van der Waals surface area contributed by atoms with E-state index in [0.29, 0.717) is 25.9 Å². The van der Waals surface area contributed by atoms with Crippen LogP contribution in [0.5, 0.6) is 0 Å². The first-order chi connectivity index (χ1) is 13.0. The third-order valence-corrected chi connectivity index (χ3v) is 5.11. The molecule has 3 rings (SSSR count). The van der Waals surface area contributed by atoms with Crippen LogP contribution in [0.4, 0.5) is 10.5 Å². The molecule has 0 radical (unpaired) electrons. The van der Waals surface area contributed by atoms with Crippen molar-refractivity contribution in [2.45, 2.75) is 32.7 Å². The molecule has 1 heterocycles. The number of carbonyl (C=O) groups excluding carboxylic acids is 2. The second kappa shape index (κ2) is 8.71. The van der Waals surface area contributed by atoms with Gasteiger partial charge in [-0.1, -0.05) is 48.0 Å².